The highest BCUT2D eigenvalue weighted by molar-refractivity contribution is 6.23. The Labute approximate surface area is 262 Å². The van der Waals surface area contributed by atoms with Crippen LogP contribution in [0.4, 0.5) is 0 Å². The molecule has 0 spiro atoms. The van der Waals surface area contributed by atoms with Crippen molar-refractivity contribution < 1.29 is 0 Å². The smallest absolute Gasteiger partial charge is 0.164 e. The summed E-state index contributed by atoms with van der Waals surface area (Å²) in [4.78, 5) is 20.0. The predicted molar refractivity (Wildman–Crippen MR) is 186 cm³/mol. The Kier molecular flexibility index (Phi) is 5.19. The highest BCUT2D eigenvalue weighted by Crippen LogP contribution is 2.41. The second-order valence-electron chi connectivity index (χ2n) is 11.6. The third-order valence-corrected chi connectivity index (χ3v) is 8.99. The van der Waals surface area contributed by atoms with Gasteiger partial charge in [0.2, 0.25) is 0 Å². The fraction of sp³-hybridized carbons (Fsp3) is 0. The van der Waals surface area contributed by atoms with Gasteiger partial charge in [-0.25, -0.2) is 19.9 Å². The first-order chi connectivity index (χ1) is 22.8. The number of fused-ring (bicyclic) bond motifs is 7. The van der Waals surface area contributed by atoms with Crippen LogP contribution in [0.25, 0.3) is 88.8 Å². The molecule has 46 heavy (non-hydrogen) atoms. The fourth-order valence-corrected chi connectivity index (χ4v) is 7.02. The maximum atomic E-state index is 5.12. The normalized spacial score (nSPS) is 11.9. The maximum Gasteiger partial charge on any atom is 0.164 e. The van der Waals surface area contributed by atoms with Crippen molar-refractivity contribution in [3.8, 4) is 34.2 Å². The van der Waals surface area contributed by atoms with Crippen molar-refractivity contribution in [2.45, 2.75) is 0 Å². The zero-order chi connectivity index (χ0) is 30.2. The van der Waals surface area contributed by atoms with E-state index in [-0.39, 0.29) is 0 Å². The lowest BCUT2D eigenvalue weighted by molar-refractivity contribution is 1.08. The Morgan fingerprint density at radius 2 is 1.00 bits per heavy atom. The number of rotatable bonds is 3. The highest BCUT2D eigenvalue weighted by atomic mass is 15.0. The van der Waals surface area contributed by atoms with E-state index >= 15 is 0 Å². The minimum atomic E-state index is 0.640. The Hall–Kier alpha value is -6.40. The summed E-state index contributed by atoms with van der Waals surface area (Å²) in [5.41, 5.74) is 9.31. The van der Waals surface area contributed by atoms with Crippen LogP contribution >= 0.6 is 0 Å². The monoisotopic (exact) mass is 588 g/mol. The molecule has 214 valence electrons. The average molecular weight is 589 g/mol. The molecule has 0 atom stereocenters. The van der Waals surface area contributed by atoms with Crippen LogP contribution in [0.5, 0.6) is 0 Å². The molecule has 0 N–H and O–H groups in total. The van der Waals surface area contributed by atoms with Crippen LogP contribution in [0.1, 0.15) is 0 Å². The molecule has 0 saturated carbocycles. The van der Waals surface area contributed by atoms with E-state index in [1.807, 2.05) is 67.0 Å². The van der Waals surface area contributed by atoms with E-state index < -0.39 is 0 Å². The number of imidazole rings is 1. The van der Waals surface area contributed by atoms with Gasteiger partial charge < -0.3 is 4.40 Å². The molecule has 0 fully saturated rings. The van der Waals surface area contributed by atoms with Crippen molar-refractivity contribution in [2.75, 3.05) is 0 Å². The topological polar surface area (TPSA) is 60.4 Å². The number of hydrogen-bond donors (Lipinski definition) is 0. The molecule has 4 aromatic heterocycles. The molecule has 6 aromatic carbocycles. The molecule has 0 radical (unpaired) electrons. The van der Waals surface area contributed by atoms with Gasteiger partial charge in [0.05, 0.1) is 33.1 Å². The lowest BCUT2D eigenvalue weighted by Crippen LogP contribution is -2.00. The van der Waals surface area contributed by atoms with Crippen LogP contribution in [-0.2, 0) is 0 Å². The van der Waals surface area contributed by atoms with Gasteiger partial charge in [-0.3, -0.25) is 4.40 Å². The molecule has 0 aliphatic carbocycles. The Morgan fingerprint density at radius 3 is 1.78 bits per heavy atom. The minimum absolute atomic E-state index is 0.640. The Balaban J connectivity index is 1.40. The molecule has 0 aliphatic heterocycles. The number of hydrogen-bond acceptors (Lipinski definition) is 4. The quantitative estimate of drug-likeness (QED) is 0.206. The van der Waals surface area contributed by atoms with Gasteiger partial charge in [-0.1, -0.05) is 115 Å². The number of para-hydroxylation sites is 3. The first-order valence-electron chi connectivity index (χ1n) is 15.3. The molecule has 10 rings (SSSR count). The van der Waals surface area contributed by atoms with Gasteiger partial charge in [0, 0.05) is 38.2 Å². The summed E-state index contributed by atoms with van der Waals surface area (Å²) in [5, 5.41) is 4.57. The molecule has 6 nitrogen and oxygen atoms in total. The summed E-state index contributed by atoms with van der Waals surface area (Å²) >= 11 is 0. The van der Waals surface area contributed by atoms with Crippen LogP contribution in [-0.4, -0.2) is 28.7 Å². The van der Waals surface area contributed by atoms with Crippen LogP contribution < -0.4 is 0 Å². The first kappa shape index (κ1) is 25.0. The minimum Gasteiger partial charge on any atom is -0.306 e. The fourth-order valence-electron chi connectivity index (χ4n) is 7.02. The maximum absolute atomic E-state index is 5.12. The number of nitrogens with zero attached hydrogens (tertiary/aromatic N) is 6. The molecule has 0 amide bonds. The van der Waals surface area contributed by atoms with E-state index in [9.17, 15) is 0 Å². The van der Waals surface area contributed by atoms with E-state index in [0.717, 1.165) is 71.3 Å². The van der Waals surface area contributed by atoms with Crippen molar-refractivity contribution in [1.29, 1.82) is 0 Å². The predicted octanol–water partition coefficient (Wildman–Crippen LogP) is 9.39. The summed E-state index contributed by atoms with van der Waals surface area (Å²) in [6.07, 6.45) is 1.94. The zero-order valence-electron chi connectivity index (χ0n) is 24.5. The molecular formula is C40H24N6. The van der Waals surface area contributed by atoms with Crippen molar-refractivity contribution in [1.82, 2.24) is 28.7 Å². The molecule has 0 aliphatic rings. The first-order valence-corrected chi connectivity index (χ1v) is 15.3. The summed E-state index contributed by atoms with van der Waals surface area (Å²) in [5.74, 6) is 1.93. The SMILES string of the molecule is c1ccc(-c2nc(-c3ccccc3)nc(-c3cccc4c3c3cccc5c6ccccc6n6cnc7cccc(c76)n4c53)n2)cc1. The van der Waals surface area contributed by atoms with Crippen LogP contribution in [0, 0.1) is 0 Å². The van der Waals surface area contributed by atoms with E-state index in [1.165, 1.54) is 0 Å². The molecule has 6 heteroatoms. The zero-order valence-corrected chi connectivity index (χ0v) is 24.5. The summed E-state index contributed by atoms with van der Waals surface area (Å²) in [6, 6.07) is 48.3. The second-order valence-corrected chi connectivity index (χ2v) is 11.6. The lowest BCUT2D eigenvalue weighted by Gasteiger charge is -2.10. The van der Waals surface area contributed by atoms with Gasteiger partial charge in [0.25, 0.3) is 0 Å². The Bertz CT molecular complexity index is 2740. The van der Waals surface area contributed by atoms with Crippen molar-refractivity contribution >= 4 is 54.6 Å². The van der Waals surface area contributed by atoms with Crippen molar-refractivity contribution in [3.05, 3.63) is 146 Å². The molecular weight excluding hydrogens is 564 g/mol. The van der Waals surface area contributed by atoms with Crippen LogP contribution in [0.3, 0.4) is 0 Å². The second kappa shape index (κ2) is 9.55. The molecule has 0 unspecified atom stereocenters. The standard InChI is InChI=1S/C40H24N6/c1-3-12-25(13-4-1)38-42-39(26-14-5-2-6-15-26)44-40(43-38)30-19-10-22-33-35(30)29-18-9-17-28-27-16-7-8-21-32(27)45-24-41-31-20-11-23-34(37(31)45)46(33)36(28)29/h1-24H. The summed E-state index contributed by atoms with van der Waals surface area (Å²) in [7, 11) is 0. The van der Waals surface area contributed by atoms with Gasteiger partial charge in [-0.15, -0.1) is 0 Å². The van der Waals surface area contributed by atoms with E-state index in [2.05, 4.69) is 87.7 Å². The van der Waals surface area contributed by atoms with Gasteiger partial charge in [0.1, 0.15) is 6.33 Å². The van der Waals surface area contributed by atoms with Gasteiger partial charge in [-0.05, 0) is 24.3 Å². The van der Waals surface area contributed by atoms with E-state index in [0.29, 0.717) is 17.5 Å². The van der Waals surface area contributed by atoms with Gasteiger partial charge in [-0.2, -0.15) is 0 Å². The van der Waals surface area contributed by atoms with Crippen molar-refractivity contribution in [2.24, 2.45) is 0 Å². The molecule has 10 aromatic rings. The van der Waals surface area contributed by atoms with E-state index in [1.54, 1.807) is 0 Å². The average Bonchev–Trinajstić information content (AvgIpc) is 3.71. The molecule has 0 bridgehead atoms. The van der Waals surface area contributed by atoms with Gasteiger partial charge in [0.15, 0.2) is 17.5 Å². The van der Waals surface area contributed by atoms with E-state index in [4.69, 9.17) is 19.9 Å². The largest absolute Gasteiger partial charge is 0.306 e. The van der Waals surface area contributed by atoms with Gasteiger partial charge >= 0.3 is 0 Å². The lowest BCUT2D eigenvalue weighted by atomic mass is 10.0. The number of aromatic nitrogens is 6. The summed E-state index contributed by atoms with van der Waals surface area (Å²) in [6.45, 7) is 0. The third kappa shape index (κ3) is 3.52. The third-order valence-electron chi connectivity index (χ3n) is 8.99. The molecule has 0 saturated heterocycles. The highest BCUT2D eigenvalue weighted by Gasteiger charge is 2.21. The Morgan fingerprint density at radius 1 is 0.413 bits per heavy atom. The molecule has 4 heterocycles. The number of benzene rings is 6. The van der Waals surface area contributed by atoms with Crippen molar-refractivity contribution in [3.63, 3.8) is 0 Å². The van der Waals surface area contributed by atoms with Crippen LogP contribution in [0.2, 0.25) is 0 Å². The summed E-state index contributed by atoms with van der Waals surface area (Å²) < 4.78 is 4.62. The van der Waals surface area contributed by atoms with Crippen LogP contribution in [0.15, 0.2) is 146 Å².